The van der Waals surface area contributed by atoms with Crippen LogP contribution in [0, 0.1) is 5.82 Å². The van der Waals surface area contributed by atoms with Gasteiger partial charge in [0.05, 0.1) is 12.2 Å². The molecule has 0 saturated heterocycles. The van der Waals surface area contributed by atoms with Crippen molar-refractivity contribution in [3.63, 3.8) is 0 Å². The van der Waals surface area contributed by atoms with Gasteiger partial charge in [-0.3, -0.25) is 4.72 Å². The van der Waals surface area contributed by atoms with Gasteiger partial charge in [-0.2, -0.15) is 0 Å². The van der Waals surface area contributed by atoms with Crippen LogP contribution in [0.3, 0.4) is 0 Å². The molecule has 2 aromatic rings. The zero-order valence-corrected chi connectivity index (χ0v) is 13.9. The molecule has 21 heavy (non-hydrogen) atoms. The van der Waals surface area contributed by atoms with Gasteiger partial charge < -0.3 is 9.73 Å². The van der Waals surface area contributed by atoms with E-state index in [1.165, 1.54) is 12.1 Å². The molecule has 2 rings (SSSR count). The lowest BCUT2D eigenvalue weighted by atomic mass is 10.3. The Morgan fingerprint density at radius 3 is 2.67 bits per heavy atom. The molecule has 0 radical (unpaired) electrons. The molecule has 0 bridgehead atoms. The maximum absolute atomic E-state index is 13.2. The summed E-state index contributed by atoms with van der Waals surface area (Å²) in [7, 11) is -2.21. The van der Waals surface area contributed by atoms with Gasteiger partial charge in [0.15, 0.2) is 4.67 Å². The fourth-order valence-corrected chi connectivity index (χ4v) is 3.93. The first-order chi connectivity index (χ1) is 9.81. The second kappa shape index (κ2) is 6.35. The van der Waals surface area contributed by atoms with Gasteiger partial charge in [-0.1, -0.05) is 11.6 Å². The van der Waals surface area contributed by atoms with Crippen molar-refractivity contribution in [2.45, 2.75) is 11.4 Å². The van der Waals surface area contributed by atoms with Crippen LogP contribution in [0.25, 0.3) is 0 Å². The van der Waals surface area contributed by atoms with Crippen LogP contribution in [0.1, 0.15) is 5.76 Å². The standard InChI is InChI=1S/C12H11BrClFN2O3S/c1-16-6-10-5-11(12(13)20-10)21(18,19)17-9-3-7(14)2-8(15)4-9/h2-5,16-17H,6H2,1H3. The number of furan rings is 1. The van der Waals surface area contributed by atoms with Gasteiger partial charge in [-0.15, -0.1) is 0 Å². The number of hydrogen-bond donors (Lipinski definition) is 2. The monoisotopic (exact) mass is 396 g/mol. The van der Waals surface area contributed by atoms with E-state index in [0.29, 0.717) is 12.3 Å². The minimum absolute atomic E-state index is 0.0308. The Bertz CT molecular complexity index is 744. The molecule has 0 spiro atoms. The van der Waals surface area contributed by atoms with Crippen molar-refractivity contribution in [3.05, 3.63) is 45.5 Å². The van der Waals surface area contributed by atoms with Crippen molar-refractivity contribution in [2.24, 2.45) is 0 Å². The third kappa shape index (κ3) is 3.97. The van der Waals surface area contributed by atoms with E-state index in [0.717, 1.165) is 12.1 Å². The summed E-state index contributed by atoms with van der Waals surface area (Å²) in [5, 5.41) is 2.94. The Labute approximate surface area is 134 Å². The van der Waals surface area contributed by atoms with Crippen molar-refractivity contribution in [1.29, 1.82) is 0 Å². The predicted octanol–water partition coefficient (Wildman–Crippen LogP) is 3.35. The van der Waals surface area contributed by atoms with Gasteiger partial charge in [0, 0.05) is 11.1 Å². The molecule has 114 valence electrons. The second-order valence-electron chi connectivity index (χ2n) is 4.14. The predicted molar refractivity (Wildman–Crippen MR) is 81.4 cm³/mol. The molecule has 5 nitrogen and oxygen atoms in total. The first-order valence-corrected chi connectivity index (χ1v) is 8.39. The lowest BCUT2D eigenvalue weighted by Crippen LogP contribution is -2.13. The van der Waals surface area contributed by atoms with Crippen LogP contribution in [0.5, 0.6) is 0 Å². The van der Waals surface area contributed by atoms with E-state index in [9.17, 15) is 12.8 Å². The molecule has 0 aliphatic carbocycles. The number of nitrogens with one attached hydrogen (secondary N) is 2. The third-order valence-corrected chi connectivity index (χ3v) is 4.92. The molecule has 0 saturated carbocycles. The Kier molecular flexibility index (Phi) is 4.92. The Morgan fingerprint density at radius 2 is 2.05 bits per heavy atom. The lowest BCUT2D eigenvalue weighted by Gasteiger charge is -2.07. The van der Waals surface area contributed by atoms with E-state index < -0.39 is 15.8 Å². The zero-order valence-electron chi connectivity index (χ0n) is 10.8. The largest absolute Gasteiger partial charge is 0.451 e. The van der Waals surface area contributed by atoms with E-state index in [2.05, 4.69) is 26.0 Å². The van der Waals surface area contributed by atoms with Gasteiger partial charge in [-0.05, 0) is 41.2 Å². The maximum Gasteiger partial charge on any atom is 0.266 e. The first-order valence-electron chi connectivity index (χ1n) is 5.73. The van der Waals surface area contributed by atoms with Gasteiger partial charge in [-0.25, -0.2) is 12.8 Å². The number of rotatable bonds is 5. The van der Waals surface area contributed by atoms with Crippen molar-refractivity contribution < 1.29 is 17.2 Å². The number of hydrogen-bond acceptors (Lipinski definition) is 4. The summed E-state index contributed by atoms with van der Waals surface area (Å²) in [5.74, 6) is -0.190. The molecule has 1 aromatic carbocycles. The van der Waals surface area contributed by atoms with E-state index in [1.54, 1.807) is 7.05 Å². The molecule has 0 amide bonds. The van der Waals surface area contributed by atoms with Crippen molar-refractivity contribution >= 4 is 43.2 Å². The summed E-state index contributed by atoms with van der Waals surface area (Å²) in [6.45, 7) is 0.375. The van der Waals surface area contributed by atoms with E-state index >= 15 is 0 Å². The van der Waals surface area contributed by atoms with Crippen molar-refractivity contribution in [1.82, 2.24) is 5.32 Å². The highest BCUT2D eigenvalue weighted by molar-refractivity contribution is 9.10. The van der Waals surface area contributed by atoms with E-state index in [-0.39, 0.29) is 20.3 Å². The average molecular weight is 398 g/mol. The summed E-state index contributed by atoms with van der Waals surface area (Å²) in [6, 6.07) is 4.80. The highest BCUT2D eigenvalue weighted by Crippen LogP contribution is 2.28. The highest BCUT2D eigenvalue weighted by Gasteiger charge is 2.22. The van der Waals surface area contributed by atoms with E-state index in [4.69, 9.17) is 16.0 Å². The van der Waals surface area contributed by atoms with Crippen molar-refractivity contribution in [3.8, 4) is 0 Å². The minimum Gasteiger partial charge on any atom is -0.451 e. The number of halogens is 3. The molecule has 2 N–H and O–H groups in total. The maximum atomic E-state index is 13.2. The Balaban J connectivity index is 2.33. The summed E-state index contributed by atoms with van der Waals surface area (Å²) >= 11 is 8.74. The van der Waals surface area contributed by atoms with Gasteiger partial charge >= 0.3 is 0 Å². The van der Waals surface area contributed by atoms with Crippen molar-refractivity contribution in [2.75, 3.05) is 11.8 Å². The van der Waals surface area contributed by atoms with Gasteiger partial charge in [0.2, 0.25) is 0 Å². The first kappa shape index (κ1) is 16.3. The smallest absolute Gasteiger partial charge is 0.266 e. The van der Waals surface area contributed by atoms with Gasteiger partial charge in [0.1, 0.15) is 16.5 Å². The van der Waals surface area contributed by atoms with Crippen LogP contribution in [0.2, 0.25) is 5.02 Å². The minimum atomic E-state index is -3.92. The molecule has 9 heteroatoms. The number of benzene rings is 1. The molecule has 0 aliphatic heterocycles. The fourth-order valence-electron chi connectivity index (χ4n) is 1.67. The lowest BCUT2D eigenvalue weighted by molar-refractivity contribution is 0.470. The van der Waals surface area contributed by atoms with Crippen LogP contribution >= 0.6 is 27.5 Å². The van der Waals surface area contributed by atoms with Crippen LogP contribution in [-0.2, 0) is 16.6 Å². The molecular formula is C12H11BrClFN2O3S. The summed E-state index contributed by atoms with van der Waals surface area (Å²) in [4.78, 5) is -0.0758. The Morgan fingerprint density at radius 1 is 1.33 bits per heavy atom. The number of sulfonamides is 1. The van der Waals surface area contributed by atoms with Crippen LogP contribution in [0.4, 0.5) is 10.1 Å². The molecular weight excluding hydrogens is 387 g/mol. The normalized spacial score (nSPS) is 11.6. The summed E-state index contributed by atoms with van der Waals surface area (Å²) < 4.78 is 45.4. The topological polar surface area (TPSA) is 71.3 Å². The SMILES string of the molecule is CNCc1cc(S(=O)(=O)Nc2cc(F)cc(Cl)c2)c(Br)o1. The molecule has 0 atom stereocenters. The third-order valence-electron chi connectivity index (χ3n) is 2.46. The molecule has 1 heterocycles. The molecule has 0 unspecified atom stereocenters. The van der Waals surface area contributed by atoms with Gasteiger partial charge in [0.25, 0.3) is 10.0 Å². The summed E-state index contributed by atoms with van der Waals surface area (Å²) in [5.41, 5.74) is 0.0308. The second-order valence-corrected chi connectivity index (χ2v) is 6.95. The average Bonchev–Trinajstić information content (AvgIpc) is 2.69. The highest BCUT2D eigenvalue weighted by atomic mass is 79.9. The zero-order chi connectivity index (χ0) is 15.6. The molecule has 0 aliphatic rings. The Hall–Kier alpha value is -1.09. The van der Waals surface area contributed by atoms with Crippen LogP contribution in [-0.4, -0.2) is 15.5 Å². The quantitative estimate of drug-likeness (QED) is 0.811. The summed E-state index contributed by atoms with van der Waals surface area (Å²) in [6.07, 6.45) is 0. The molecule has 0 fully saturated rings. The van der Waals surface area contributed by atoms with Crippen LogP contribution in [0.15, 0.2) is 38.2 Å². The number of anilines is 1. The van der Waals surface area contributed by atoms with E-state index in [1.807, 2.05) is 0 Å². The van der Waals surface area contributed by atoms with Crippen LogP contribution < -0.4 is 10.0 Å². The molecule has 1 aromatic heterocycles. The fraction of sp³-hybridized carbons (Fsp3) is 0.167.